The van der Waals surface area contributed by atoms with E-state index in [1.165, 1.54) is 24.4 Å². The lowest BCUT2D eigenvalue weighted by atomic mass is 10.2. The molecule has 0 radical (unpaired) electrons. The van der Waals surface area contributed by atoms with Gasteiger partial charge in [-0.3, -0.25) is 4.79 Å². The van der Waals surface area contributed by atoms with Crippen molar-refractivity contribution in [3.63, 3.8) is 0 Å². The third kappa shape index (κ3) is 3.62. The van der Waals surface area contributed by atoms with E-state index in [0.717, 1.165) is 22.4 Å². The molecule has 0 unspecified atom stereocenters. The number of carbonyl (C=O) groups is 1. The van der Waals surface area contributed by atoms with Crippen LogP contribution in [0.4, 0.5) is 8.78 Å². The number of nitrogens with one attached hydrogen (secondary N) is 1. The molecule has 0 spiro atoms. The molecule has 2 aromatic carbocycles. The fourth-order valence-electron chi connectivity index (χ4n) is 2.20. The van der Waals surface area contributed by atoms with E-state index in [1.54, 1.807) is 19.1 Å². The first-order chi connectivity index (χ1) is 12.3. The Kier molecular flexibility index (Phi) is 4.56. The molecule has 0 saturated heterocycles. The second-order valence-electron chi connectivity index (χ2n) is 5.49. The van der Waals surface area contributed by atoms with Gasteiger partial charge in [-0.25, -0.2) is 26.6 Å². The Balaban J connectivity index is 1.83. The maximum absolute atomic E-state index is 13.8. The predicted octanol–water partition coefficient (Wildman–Crippen LogP) is 2.58. The molecule has 0 atom stereocenters. The van der Waals surface area contributed by atoms with Crippen LogP contribution in [0.25, 0.3) is 5.69 Å². The lowest BCUT2D eigenvalue weighted by Crippen LogP contribution is -2.31. The summed E-state index contributed by atoms with van der Waals surface area (Å²) in [5, 5.41) is 3.84. The lowest BCUT2D eigenvalue weighted by Gasteiger charge is -2.06. The van der Waals surface area contributed by atoms with Crippen molar-refractivity contribution >= 4 is 15.9 Å². The molecule has 26 heavy (non-hydrogen) atoms. The highest BCUT2D eigenvalue weighted by atomic mass is 32.2. The highest BCUT2D eigenvalue weighted by Gasteiger charge is 2.20. The minimum absolute atomic E-state index is 0.0690. The summed E-state index contributed by atoms with van der Waals surface area (Å²) in [5.74, 6) is -2.58. The number of amides is 1. The summed E-state index contributed by atoms with van der Waals surface area (Å²) in [6, 6.07) is 10.1. The fourth-order valence-corrected chi connectivity index (χ4v) is 3.16. The summed E-state index contributed by atoms with van der Waals surface area (Å²) < 4.78 is 54.1. The molecule has 3 rings (SSSR count). The van der Waals surface area contributed by atoms with E-state index >= 15 is 0 Å². The average Bonchev–Trinajstić information content (AvgIpc) is 3.04. The SMILES string of the molecule is Cc1ccc(S(=O)(=O)NC(=O)c2ccn(-c3ccc(F)cc3F)n2)cc1. The van der Waals surface area contributed by atoms with Crippen molar-refractivity contribution in [1.29, 1.82) is 0 Å². The Labute approximate surface area is 148 Å². The van der Waals surface area contributed by atoms with Crippen LogP contribution in [0.5, 0.6) is 0 Å². The van der Waals surface area contributed by atoms with Gasteiger partial charge in [0.2, 0.25) is 0 Å². The van der Waals surface area contributed by atoms with Gasteiger partial charge in [-0.2, -0.15) is 5.10 Å². The van der Waals surface area contributed by atoms with Crippen LogP contribution in [-0.4, -0.2) is 24.1 Å². The Morgan fingerprint density at radius 2 is 1.77 bits per heavy atom. The Bertz CT molecular complexity index is 1080. The topological polar surface area (TPSA) is 81.1 Å². The van der Waals surface area contributed by atoms with Crippen molar-refractivity contribution in [2.75, 3.05) is 0 Å². The van der Waals surface area contributed by atoms with E-state index in [0.29, 0.717) is 6.07 Å². The normalized spacial score (nSPS) is 11.3. The predicted molar refractivity (Wildman–Crippen MR) is 89.3 cm³/mol. The van der Waals surface area contributed by atoms with Gasteiger partial charge in [0.15, 0.2) is 11.5 Å². The summed E-state index contributed by atoms with van der Waals surface area (Å²) >= 11 is 0. The van der Waals surface area contributed by atoms with Gasteiger partial charge in [-0.1, -0.05) is 17.7 Å². The number of halogens is 2. The first kappa shape index (κ1) is 17.7. The zero-order valence-corrected chi connectivity index (χ0v) is 14.3. The van der Waals surface area contributed by atoms with Crippen LogP contribution < -0.4 is 4.72 Å². The van der Waals surface area contributed by atoms with E-state index in [2.05, 4.69) is 5.10 Å². The molecule has 1 amide bonds. The number of nitrogens with zero attached hydrogens (tertiary/aromatic N) is 2. The smallest absolute Gasteiger partial charge is 0.266 e. The van der Waals surface area contributed by atoms with Crippen LogP contribution >= 0.6 is 0 Å². The molecule has 0 fully saturated rings. The number of sulfonamides is 1. The first-order valence-corrected chi connectivity index (χ1v) is 8.89. The van der Waals surface area contributed by atoms with Crippen LogP contribution in [-0.2, 0) is 10.0 Å². The molecule has 0 aliphatic rings. The van der Waals surface area contributed by atoms with Gasteiger partial charge in [-0.05, 0) is 37.3 Å². The number of aryl methyl sites for hydroxylation is 1. The highest BCUT2D eigenvalue weighted by molar-refractivity contribution is 7.90. The molecule has 0 bridgehead atoms. The van der Waals surface area contributed by atoms with Crippen LogP contribution in [0.1, 0.15) is 16.1 Å². The Morgan fingerprint density at radius 1 is 1.08 bits per heavy atom. The van der Waals surface area contributed by atoms with Crippen molar-refractivity contribution in [3.8, 4) is 5.69 Å². The van der Waals surface area contributed by atoms with Crippen molar-refractivity contribution < 1.29 is 22.0 Å². The summed E-state index contributed by atoms with van der Waals surface area (Å²) in [6.07, 6.45) is 1.27. The summed E-state index contributed by atoms with van der Waals surface area (Å²) in [7, 11) is -4.07. The second kappa shape index (κ2) is 6.68. The average molecular weight is 377 g/mol. The number of benzene rings is 2. The summed E-state index contributed by atoms with van der Waals surface area (Å²) in [4.78, 5) is 12.1. The van der Waals surface area contributed by atoms with Gasteiger partial charge in [0.25, 0.3) is 15.9 Å². The number of rotatable bonds is 4. The maximum atomic E-state index is 13.8. The summed E-state index contributed by atoms with van der Waals surface area (Å²) in [6.45, 7) is 1.80. The molecule has 6 nitrogen and oxygen atoms in total. The molecule has 1 N–H and O–H groups in total. The van der Waals surface area contributed by atoms with Crippen molar-refractivity contribution in [2.45, 2.75) is 11.8 Å². The zero-order valence-electron chi connectivity index (χ0n) is 13.5. The second-order valence-corrected chi connectivity index (χ2v) is 7.17. The van der Waals surface area contributed by atoms with E-state index in [4.69, 9.17) is 0 Å². The monoisotopic (exact) mass is 377 g/mol. The van der Waals surface area contributed by atoms with Gasteiger partial charge in [0.05, 0.1) is 4.90 Å². The van der Waals surface area contributed by atoms with Gasteiger partial charge >= 0.3 is 0 Å². The van der Waals surface area contributed by atoms with Crippen molar-refractivity contribution in [1.82, 2.24) is 14.5 Å². The molecule has 0 aliphatic carbocycles. The van der Waals surface area contributed by atoms with Gasteiger partial charge in [0.1, 0.15) is 11.5 Å². The van der Waals surface area contributed by atoms with Gasteiger partial charge in [-0.15, -0.1) is 0 Å². The number of hydrogen-bond acceptors (Lipinski definition) is 4. The molecular weight excluding hydrogens is 364 g/mol. The molecule has 134 valence electrons. The van der Waals surface area contributed by atoms with Crippen LogP contribution in [0.2, 0.25) is 0 Å². The van der Waals surface area contributed by atoms with Crippen LogP contribution in [0.15, 0.2) is 59.6 Å². The standard InChI is InChI=1S/C17H13F2N3O3S/c1-11-2-5-13(6-3-11)26(24,25)21-17(23)15-8-9-22(20-15)16-7-4-12(18)10-14(16)19/h2-10H,1H3,(H,21,23). The minimum atomic E-state index is -4.07. The maximum Gasteiger partial charge on any atom is 0.285 e. The largest absolute Gasteiger partial charge is 0.285 e. The van der Waals surface area contributed by atoms with E-state index in [-0.39, 0.29) is 16.3 Å². The highest BCUT2D eigenvalue weighted by Crippen LogP contribution is 2.15. The number of hydrogen-bond donors (Lipinski definition) is 1. The molecule has 9 heteroatoms. The number of aromatic nitrogens is 2. The summed E-state index contributed by atoms with van der Waals surface area (Å²) in [5.41, 5.74) is 0.562. The molecule has 0 aliphatic heterocycles. The fraction of sp³-hybridized carbons (Fsp3) is 0.0588. The zero-order chi connectivity index (χ0) is 18.9. The molecule has 3 aromatic rings. The van der Waals surface area contributed by atoms with Crippen molar-refractivity contribution in [3.05, 3.63) is 77.6 Å². The van der Waals surface area contributed by atoms with E-state index in [9.17, 15) is 22.0 Å². The molecular formula is C17H13F2N3O3S. The van der Waals surface area contributed by atoms with Gasteiger partial charge < -0.3 is 0 Å². The van der Waals surface area contributed by atoms with Crippen LogP contribution in [0, 0.1) is 18.6 Å². The van der Waals surface area contributed by atoms with E-state index in [1.807, 2.05) is 4.72 Å². The third-order valence-electron chi connectivity index (χ3n) is 3.54. The minimum Gasteiger partial charge on any atom is -0.266 e. The lowest BCUT2D eigenvalue weighted by molar-refractivity contribution is 0.0976. The Hall–Kier alpha value is -3.07. The third-order valence-corrected chi connectivity index (χ3v) is 4.88. The number of carbonyl (C=O) groups excluding carboxylic acids is 1. The molecule has 1 aromatic heterocycles. The van der Waals surface area contributed by atoms with E-state index < -0.39 is 27.6 Å². The first-order valence-electron chi connectivity index (χ1n) is 7.41. The molecule has 0 saturated carbocycles. The van der Waals surface area contributed by atoms with Crippen LogP contribution in [0.3, 0.4) is 0 Å². The molecule has 1 heterocycles. The van der Waals surface area contributed by atoms with Gasteiger partial charge in [0, 0.05) is 12.3 Å². The van der Waals surface area contributed by atoms with Crippen molar-refractivity contribution in [2.24, 2.45) is 0 Å². The quantitative estimate of drug-likeness (QED) is 0.758. The Morgan fingerprint density at radius 3 is 2.42 bits per heavy atom.